The van der Waals surface area contributed by atoms with Gasteiger partial charge in [0.1, 0.15) is 5.75 Å². The number of rotatable bonds is 4. The molecule has 0 N–H and O–H groups in total. The second kappa shape index (κ2) is 6.39. The van der Waals surface area contributed by atoms with Crippen molar-refractivity contribution in [3.05, 3.63) is 59.4 Å². The largest absolute Gasteiger partial charge is 0.476 e. The maximum atomic E-state index is 13.4. The Morgan fingerprint density at radius 1 is 1.15 bits per heavy atom. The molecule has 1 atom stereocenters. The van der Waals surface area contributed by atoms with Gasteiger partial charge in [0.15, 0.2) is 17.7 Å². The first kappa shape index (κ1) is 14.3. The summed E-state index contributed by atoms with van der Waals surface area (Å²) in [7, 11) is 0. The van der Waals surface area contributed by atoms with Gasteiger partial charge in [0.2, 0.25) is 0 Å². The maximum absolute atomic E-state index is 13.4. The van der Waals surface area contributed by atoms with E-state index in [2.05, 4.69) is 0 Å². The van der Waals surface area contributed by atoms with Crippen LogP contribution < -0.4 is 9.47 Å². The van der Waals surface area contributed by atoms with E-state index in [0.29, 0.717) is 10.8 Å². The third-order valence-corrected chi connectivity index (χ3v) is 2.76. The summed E-state index contributed by atoms with van der Waals surface area (Å²) in [5, 5.41) is 0.542. The zero-order valence-corrected chi connectivity index (χ0v) is 11.4. The Morgan fingerprint density at radius 3 is 2.45 bits per heavy atom. The summed E-state index contributed by atoms with van der Waals surface area (Å²) in [6, 6.07) is 12.2. The second-order valence-corrected chi connectivity index (χ2v) is 4.50. The van der Waals surface area contributed by atoms with Gasteiger partial charge in [-0.05, 0) is 43.3 Å². The van der Waals surface area contributed by atoms with Gasteiger partial charge in [0, 0.05) is 5.02 Å². The summed E-state index contributed by atoms with van der Waals surface area (Å²) in [4.78, 5) is 11.8. The Kier molecular flexibility index (Phi) is 4.58. The number of esters is 1. The molecule has 0 saturated heterocycles. The van der Waals surface area contributed by atoms with E-state index in [4.69, 9.17) is 21.1 Å². The summed E-state index contributed by atoms with van der Waals surface area (Å²) >= 11 is 5.73. The Bertz CT molecular complexity index is 598. The van der Waals surface area contributed by atoms with Crippen LogP contribution in [-0.4, -0.2) is 12.1 Å². The minimum Gasteiger partial charge on any atom is -0.476 e. The van der Waals surface area contributed by atoms with Crippen molar-refractivity contribution in [3.8, 4) is 11.5 Å². The molecule has 0 aromatic heterocycles. The van der Waals surface area contributed by atoms with Gasteiger partial charge in [-0.2, -0.15) is 0 Å². The maximum Gasteiger partial charge on any atom is 0.352 e. The minimum atomic E-state index is -0.928. The summed E-state index contributed by atoms with van der Waals surface area (Å²) in [6.07, 6.45) is -0.928. The van der Waals surface area contributed by atoms with E-state index in [1.807, 2.05) is 0 Å². The van der Waals surface area contributed by atoms with E-state index in [9.17, 15) is 9.18 Å². The number of carbonyl (C=O) groups is 1. The summed E-state index contributed by atoms with van der Waals surface area (Å²) in [6.45, 7) is 1.49. The molecule has 1 unspecified atom stereocenters. The summed E-state index contributed by atoms with van der Waals surface area (Å²) in [5.74, 6) is -0.786. The third kappa shape index (κ3) is 3.71. The molecule has 2 aromatic carbocycles. The summed E-state index contributed by atoms with van der Waals surface area (Å²) < 4.78 is 23.7. The van der Waals surface area contributed by atoms with E-state index < -0.39 is 17.9 Å². The fourth-order valence-electron chi connectivity index (χ4n) is 1.48. The first-order chi connectivity index (χ1) is 9.56. The van der Waals surface area contributed by atoms with Crippen molar-refractivity contribution in [2.45, 2.75) is 13.0 Å². The standard InChI is InChI=1S/C15H12ClFO3/c1-10(19-14-5-3-2-4-13(14)17)15(18)20-12-8-6-11(16)7-9-12/h2-10H,1H3. The van der Waals surface area contributed by atoms with Crippen LogP contribution in [0.3, 0.4) is 0 Å². The molecule has 2 rings (SSSR count). The van der Waals surface area contributed by atoms with Gasteiger partial charge in [-0.1, -0.05) is 23.7 Å². The number of hydrogen-bond acceptors (Lipinski definition) is 3. The molecule has 5 heteroatoms. The average Bonchev–Trinajstić information content (AvgIpc) is 2.44. The molecular weight excluding hydrogens is 283 g/mol. The van der Waals surface area contributed by atoms with E-state index in [-0.39, 0.29) is 5.75 Å². The van der Waals surface area contributed by atoms with Crippen LogP contribution in [0.1, 0.15) is 6.92 Å². The monoisotopic (exact) mass is 294 g/mol. The molecular formula is C15H12ClFO3. The Hall–Kier alpha value is -2.07. The van der Waals surface area contributed by atoms with Crippen LogP contribution in [0.25, 0.3) is 0 Å². The molecule has 0 spiro atoms. The first-order valence-electron chi connectivity index (χ1n) is 5.94. The van der Waals surface area contributed by atoms with Gasteiger partial charge >= 0.3 is 5.97 Å². The van der Waals surface area contributed by atoms with Crippen molar-refractivity contribution in [1.29, 1.82) is 0 Å². The predicted molar refractivity (Wildman–Crippen MR) is 73.6 cm³/mol. The lowest BCUT2D eigenvalue weighted by atomic mass is 10.3. The lowest BCUT2D eigenvalue weighted by molar-refractivity contribution is -0.141. The topological polar surface area (TPSA) is 35.5 Å². The SMILES string of the molecule is CC(Oc1ccccc1F)C(=O)Oc1ccc(Cl)cc1. The number of halogens is 2. The lowest BCUT2D eigenvalue weighted by Crippen LogP contribution is -2.28. The van der Waals surface area contributed by atoms with Crippen molar-refractivity contribution in [2.24, 2.45) is 0 Å². The van der Waals surface area contributed by atoms with Crippen molar-refractivity contribution in [3.63, 3.8) is 0 Å². The van der Waals surface area contributed by atoms with Crippen molar-refractivity contribution in [1.82, 2.24) is 0 Å². The fourth-order valence-corrected chi connectivity index (χ4v) is 1.61. The number of benzene rings is 2. The molecule has 0 fully saturated rings. The van der Waals surface area contributed by atoms with Gasteiger partial charge in [0.25, 0.3) is 0 Å². The predicted octanol–water partition coefficient (Wildman–Crippen LogP) is 3.85. The lowest BCUT2D eigenvalue weighted by Gasteiger charge is -2.14. The molecule has 0 heterocycles. The Balaban J connectivity index is 1.99. The highest BCUT2D eigenvalue weighted by atomic mass is 35.5. The molecule has 0 amide bonds. The second-order valence-electron chi connectivity index (χ2n) is 4.07. The van der Waals surface area contributed by atoms with E-state index in [1.165, 1.54) is 19.1 Å². The normalized spacial score (nSPS) is 11.8. The van der Waals surface area contributed by atoms with Crippen LogP contribution in [0, 0.1) is 5.82 Å². The van der Waals surface area contributed by atoms with Crippen molar-refractivity contribution in [2.75, 3.05) is 0 Å². The van der Waals surface area contributed by atoms with E-state index >= 15 is 0 Å². The fraction of sp³-hybridized carbons (Fsp3) is 0.133. The van der Waals surface area contributed by atoms with Gasteiger partial charge in [-0.25, -0.2) is 9.18 Å². The van der Waals surface area contributed by atoms with Crippen molar-refractivity contribution < 1.29 is 18.7 Å². The number of para-hydroxylation sites is 1. The number of ether oxygens (including phenoxy) is 2. The molecule has 0 radical (unpaired) electrons. The van der Waals surface area contributed by atoms with Gasteiger partial charge in [-0.15, -0.1) is 0 Å². The van der Waals surface area contributed by atoms with Gasteiger partial charge in [0.05, 0.1) is 0 Å². The number of carbonyl (C=O) groups excluding carboxylic acids is 1. The van der Waals surface area contributed by atoms with E-state index in [0.717, 1.165) is 0 Å². The summed E-state index contributed by atoms with van der Waals surface area (Å²) in [5.41, 5.74) is 0. The Labute approximate surface area is 120 Å². The van der Waals surface area contributed by atoms with Crippen LogP contribution in [0.4, 0.5) is 4.39 Å². The smallest absolute Gasteiger partial charge is 0.352 e. The molecule has 0 bridgehead atoms. The highest BCUT2D eigenvalue weighted by Gasteiger charge is 2.18. The first-order valence-corrected chi connectivity index (χ1v) is 6.32. The molecule has 0 aliphatic heterocycles. The molecule has 20 heavy (non-hydrogen) atoms. The third-order valence-electron chi connectivity index (χ3n) is 2.50. The zero-order valence-electron chi connectivity index (χ0n) is 10.7. The van der Waals surface area contributed by atoms with E-state index in [1.54, 1.807) is 36.4 Å². The highest BCUT2D eigenvalue weighted by Crippen LogP contribution is 2.19. The van der Waals surface area contributed by atoms with Crippen molar-refractivity contribution >= 4 is 17.6 Å². The van der Waals surface area contributed by atoms with Crippen LogP contribution in [0.15, 0.2) is 48.5 Å². The van der Waals surface area contributed by atoms with Crippen LogP contribution in [-0.2, 0) is 4.79 Å². The molecule has 0 aliphatic carbocycles. The number of hydrogen-bond donors (Lipinski definition) is 0. The van der Waals surface area contributed by atoms with Crippen LogP contribution in [0.2, 0.25) is 5.02 Å². The molecule has 0 saturated carbocycles. The highest BCUT2D eigenvalue weighted by molar-refractivity contribution is 6.30. The van der Waals surface area contributed by atoms with Crippen LogP contribution >= 0.6 is 11.6 Å². The molecule has 0 aliphatic rings. The zero-order chi connectivity index (χ0) is 14.5. The average molecular weight is 295 g/mol. The minimum absolute atomic E-state index is 0.00746. The molecule has 2 aromatic rings. The quantitative estimate of drug-likeness (QED) is 0.634. The molecule has 3 nitrogen and oxygen atoms in total. The van der Waals surface area contributed by atoms with Gasteiger partial charge in [-0.3, -0.25) is 0 Å². The van der Waals surface area contributed by atoms with Gasteiger partial charge < -0.3 is 9.47 Å². The Morgan fingerprint density at radius 2 is 1.80 bits per heavy atom. The van der Waals surface area contributed by atoms with Crippen LogP contribution in [0.5, 0.6) is 11.5 Å². The molecule has 104 valence electrons.